The molecule has 7 heteroatoms. The average molecular weight is 274 g/mol. The number of carbonyl (C=O) groups is 1. The molecule has 0 fully saturated rings. The van der Waals surface area contributed by atoms with Gasteiger partial charge in [-0.1, -0.05) is 24.3 Å². The first-order valence-corrected chi connectivity index (χ1v) is 5.89. The Balaban J connectivity index is 2.28. The van der Waals surface area contributed by atoms with E-state index in [0.717, 1.165) is 5.56 Å². The number of aromatic nitrogens is 2. The summed E-state index contributed by atoms with van der Waals surface area (Å²) < 4.78 is 1.53. The van der Waals surface area contributed by atoms with Crippen molar-refractivity contribution in [2.75, 3.05) is 0 Å². The molecular formula is C13H12N3O4-. The summed E-state index contributed by atoms with van der Waals surface area (Å²) in [6.07, 6.45) is 0. The molecule has 0 bridgehead atoms. The fourth-order valence-electron chi connectivity index (χ4n) is 2.02. The minimum absolute atomic E-state index is 0.0105. The molecule has 2 rings (SSSR count). The predicted molar refractivity (Wildman–Crippen MR) is 68.2 cm³/mol. The maximum Gasteiger partial charge on any atom is 0.312 e. The van der Waals surface area contributed by atoms with Crippen LogP contribution in [0, 0.1) is 24.0 Å². The van der Waals surface area contributed by atoms with Crippen LogP contribution in [0.3, 0.4) is 0 Å². The quantitative estimate of drug-likeness (QED) is 0.606. The minimum atomic E-state index is -1.24. The van der Waals surface area contributed by atoms with Gasteiger partial charge in [-0.15, -0.1) is 0 Å². The van der Waals surface area contributed by atoms with Crippen molar-refractivity contribution < 1.29 is 14.8 Å². The summed E-state index contributed by atoms with van der Waals surface area (Å²) in [5.74, 6) is -1.24. The molecule has 0 saturated carbocycles. The second-order valence-electron chi connectivity index (χ2n) is 4.42. The largest absolute Gasteiger partial charge is 0.545 e. The second-order valence-corrected chi connectivity index (χ2v) is 4.42. The molecule has 20 heavy (non-hydrogen) atoms. The number of hydrogen-bond acceptors (Lipinski definition) is 5. The zero-order valence-electron chi connectivity index (χ0n) is 11.0. The van der Waals surface area contributed by atoms with E-state index in [1.165, 1.54) is 16.8 Å². The number of rotatable bonds is 4. The van der Waals surface area contributed by atoms with Gasteiger partial charge < -0.3 is 9.90 Å². The molecule has 2 aromatic rings. The number of benzene rings is 1. The summed E-state index contributed by atoms with van der Waals surface area (Å²) in [5, 5.41) is 25.7. The fourth-order valence-corrected chi connectivity index (χ4v) is 2.02. The molecule has 1 aromatic heterocycles. The topological polar surface area (TPSA) is 101 Å². The Hall–Kier alpha value is -2.70. The summed E-state index contributed by atoms with van der Waals surface area (Å²) in [4.78, 5) is 21.1. The number of hydrogen-bond donors (Lipinski definition) is 0. The summed E-state index contributed by atoms with van der Waals surface area (Å²) >= 11 is 0. The van der Waals surface area contributed by atoms with Gasteiger partial charge in [0.2, 0.25) is 0 Å². The van der Waals surface area contributed by atoms with Gasteiger partial charge in [0.1, 0.15) is 11.4 Å². The van der Waals surface area contributed by atoms with E-state index in [0.29, 0.717) is 17.9 Å². The van der Waals surface area contributed by atoms with Crippen molar-refractivity contribution in [2.45, 2.75) is 20.4 Å². The molecule has 7 nitrogen and oxygen atoms in total. The van der Waals surface area contributed by atoms with Crippen molar-refractivity contribution in [3.05, 3.63) is 56.9 Å². The molecule has 0 aliphatic carbocycles. The van der Waals surface area contributed by atoms with Gasteiger partial charge in [-0.2, -0.15) is 5.10 Å². The van der Waals surface area contributed by atoms with Gasteiger partial charge in [0.25, 0.3) is 0 Å². The average Bonchev–Trinajstić information content (AvgIpc) is 2.65. The van der Waals surface area contributed by atoms with E-state index in [-0.39, 0.29) is 11.3 Å². The molecule has 0 saturated heterocycles. The molecular weight excluding hydrogens is 262 g/mol. The first-order valence-electron chi connectivity index (χ1n) is 5.89. The predicted octanol–water partition coefficient (Wildman–Crippen LogP) is 0.820. The number of carboxylic acids is 1. The molecule has 0 spiro atoms. The fraction of sp³-hybridized carbons (Fsp3) is 0.231. The van der Waals surface area contributed by atoms with Crippen LogP contribution in [0.2, 0.25) is 0 Å². The molecule has 0 radical (unpaired) electrons. The van der Waals surface area contributed by atoms with Crippen LogP contribution in [0.15, 0.2) is 24.3 Å². The van der Waals surface area contributed by atoms with E-state index < -0.39 is 10.9 Å². The molecule has 104 valence electrons. The van der Waals surface area contributed by atoms with Gasteiger partial charge in [-0.05, 0) is 25.0 Å². The van der Waals surface area contributed by atoms with E-state index in [2.05, 4.69) is 5.10 Å². The summed E-state index contributed by atoms with van der Waals surface area (Å²) in [6, 6.07) is 6.14. The van der Waals surface area contributed by atoms with Crippen molar-refractivity contribution in [1.82, 2.24) is 9.78 Å². The lowest BCUT2D eigenvalue weighted by Crippen LogP contribution is -2.22. The summed E-state index contributed by atoms with van der Waals surface area (Å²) in [6.45, 7) is 3.56. The normalized spacial score (nSPS) is 10.5. The maximum absolute atomic E-state index is 10.9. The van der Waals surface area contributed by atoms with Crippen molar-refractivity contribution in [3.63, 3.8) is 0 Å². The standard InChI is InChI=1S/C13H13N3O4/c1-8-12(16(19)20)9(2)15(14-8)7-10-3-5-11(6-4-10)13(17)18/h3-6H,7H2,1-2H3,(H,17,18)/p-1. The smallest absolute Gasteiger partial charge is 0.312 e. The third-order valence-electron chi connectivity index (χ3n) is 3.05. The summed E-state index contributed by atoms with van der Waals surface area (Å²) in [7, 11) is 0. The highest BCUT2D eigenvalue weighted by Gasteiger charge is 2.21. The van der Waals surface area contributed by atoms with Gasteiger partial charge in [-0.3, -0.25) is 14.8 Å². The van der Waals surface area contributed by atoms with Crippen LogP contribution >= 0.6 is 0 Å². The van der Waals surface area contributed by atoms with E-state index in [1.54, 1.807) is 26.0 Å². The monoisotopic (exact) mass is 274 g/mol. The Bertz CT molecular complexity index is 674. The highest BCUT2D eigenvalue weighted by atomic mass is 16.6. The maximum atomic E-state index is 10.9. The van der Waals surface area contributed by atoms with Crippen molar-refractivity contribution >= 4 is 11.7 Å². The first kappa shape index (κ1) is 13.7. The zero-order valence-corrected chi connectivity index (χ0v) is 11.0. The highest BCUT2D eigenvalue weighted by Crippen LogP contribution is 2.22. The Morgan fingerprint density at radius 2 is 1.90 bits per heavy atom. The molecule has 0 atom stereocenters. The molecule has 0 amide bonds. The van der Waals surface area contributed by atoms with Crippen LogP contribution in [-0.2, 0) is 6.54 Å². The second kappa shape index (κ2) is 5.12. The lowest BCUT2D eigenvalue weighted by molar-refractivity contribution is -0.386. The first-order chi connectivity index (χ1) is 9.40. The third-order valence-corrected chi connectivity index (χ3v) is 3.05. The number of aryl methyl sites for hydroxylation is 1. The molecule has 0 N–H and O–H groups in total. The van der Waals surface area contributed by atoms with Gasteiger partial charge in [-0.25, -0.2) is 0 Å². The number of nitro groups is 1. The van der Waals surface area contributed by atoms with Crippen LogP contribution < -0.4 is 5.11 Å². The Labute approximate surface area is 114 Å². The van der Waals surface area contributed by atoms with Gasteiger partial charge >= 0.3 is 5.69 Å². The number of aromatic carboxylic acids is 1. The van der Waals surface area contributed by atoms with Crippen molar-refractivity contribution in [3.8, 4) is 0 Å². The summed E-state index contributed by atoms with van der Waals surface area (Å²) in [5.41, 5.74) is 1.73. The highest BCUT2D eigenvalue weighted by molar-refractivity contribution is 5.85. The molecule has 0 unspecified atom stereocenters. The Morgan fingerprint density at radius 1 is 1.30 bits per heavy atom. The Kier molecular flexibility index (Phi) is 3.51. The van der Waals surface area contributed by atoms with E-state index in [4.69, 9.17) is 0 Å². The third kappa shape index (κ3) is 2.51. The lowest BCUT2D eigenvalue weighted by Gasteiger charge is -2.06. The molecule has 0 aliphatic rings. The van der Waals surface area contributed by atoms with Crippen LogP contribution in [0.5, 0.6) is 0 Å². The van der Waals surface area contributed by atoms with Crippen LogP contribution in [0.1, 0.15) is 27.3 Å². The number of nitrogens with zero attached hydrogens (tertiary/aromatic N) is 3. The van der Waals surface area contributed by atoms with E-state index in [9.17, 15) is 20.0 Å². The number of carboxylic acid groups (broad SMARTS) is 1. The van der Waals surface area contributed by atoms with Crippen molar-refractivity contribution in [2.24, 2.45) is 0 Å². The SMILES string of the molecule is Cc1nn(Cc2ccc(C(=O)[O-])cc2)c(C)c1[N+](=O)[O-]. The van der Waals surface area contributed by atoms with E-state index in [1.807, 2.05) is 0 Å². The van der Waals surface area contributed by atoms with Gasteiger partial charge in [0, 0.05) is 0 Å². The molecule has 0 aliphatic heterocycles. The molecule has 1 heterocycles. The van der Waals surface area contributed by atoms with Crippen LogP contribution in [0.25, 0.3) is 0 Å². The number of carbonyl (C=O) groups excluding carboxylic acids is 1. The lowest BCUT2D eigenvalue weighted by atomic mass is 10.1. The molecule has 1 aromatic carbocycles. The van der Waals surface area contributed by atoms with E-state index >= 15 is 0 Å². The van der Waals surface area contributed by atoms with Crippen LogP contribution in [-0.4, -0.2) is 20.7 Å². The minimum Gasteiger partial charge on any atom is -0.545 e. The van der Waals surface area contributed by atoms with Crippen LogP contribution in [0.4, 0.5) is 5.69 Å². The van der Waals surface area contributed by atoms with Gasteiger partial charge in [0.15, 0.2) is 0 Å². The Morgan fingerprint density at radius 3 is 2.35 bits per heavy atom. The zero-order chi connectivity index (χ0) is 14.9. The van der Waals surface area contributed by atoms with Gasteiger partial charge in [0.05, 0.1) is 17.4 Å². The van der Waals surface area contributed by atoms with Crippen molar-refractivity contribution in [1.29, 1.82) is 0 Å².